The topological polar surface area (TPSA) is 52.6 Å². The molecule has 0 saturated carbocycles. The number of hydrogen-bond donors (Lipinski definition) is 0. The zero-order chi connectivity index (χ0) is 18.6. The van der Waals surface area contributed by atoms with E-state index in [0.717, 1.165) is 0 Å². The van der Waals surface area contributed by atoms with Gasteiger partial charge in [0.05, 0.1) is 6.10 Å². The maximum absolute atomic E-state index is 12.4. The molecule has 0 atom stereocenters. The average molecular weight is 401 g/mol. The van der Waals surface area contributed by atoms with Crippen LogP contribution < -0.4 is 4.74 Å². The van der Waals surface area contributed by atoms with Gasteiger partial charge in [-0.15, -0.1) is 0 Å². The normalized spacial score (nSPS) is 10.8. The number of halogens is 1. The first kappa shape index (κ1) is 23.0. The molecule has 0 aliphatic heterocycles. The standard InChI is InChI=1S/C20H21ClO4.Ca/c1-13(2)24-19(23)20(3,4)25-17-11-7-15(8-12-17)18(22)14-5-9-16(21)10-6-14;/h5-13H,1-4H3;/q;+2. The minimum absolute atomic E-state index is 0. The summed E-state index contributed by atoms with van der Waals surface area (Å²) in [5.74, 6) is -0.0659. The number of carbonyl (C=O) groups excluding carboxylic acids is 2. The second kappa shape index (κ2) is 9.75. The summed E-state index contributed by atoms with van der Waals surface area (Å²) in [6.45, 7) is 6.85. The summed E-state index contributed by atoms with van der Waals surface area (Å²) in [4.78, 5) is 24.5. The fourth-order valence-electron chi connectivity index (χ4n) is 2.13. The van der Waals surface area contributed by atoms with Crippen LogP contribution in [0.5, 0.6) is 5.75 Å². The van der Waals surface area contributed by atoms with Crippen molar-refractivity contribution in [3.05, 3.63) is 64.7 Å². The molecule has 2 rings (SSSR count). The van der Waals surface area contributed by atoms with Crippen LogP contribution in [0, 0.1) is 0 Å². The van der Waals surface area contributed by atoms with Crippen molar-refractivity contribution in [1.29, 1.82) is 0 Å². The van der Waals surface area contributed by atoms with E-state index < -0.39 is 11.6 Å². The zero-order valence-electron chi connectivity index (χ0n) is 15.4. The van der Waals surface area contributed by atoms with Gasteiger partial charge in [0.25, 0.3) is 0 Å². The van der Waals surface area contributed by atoms with E-state index in [0.29, 0.717) is 21.9 Å². The molecule has 0 N–H and O–H groups in total. The van der Waals surface area contributed by atoms with Crippen molar-refractivity contribution in [3.63, 3.8) is 0 Å². The Morgan fingerprint density at radius 3 is 1.85 bits per heavy atom. The fourth-order valence-corrected chi connectivity index (χ4v) is 2.26. The number of esters is 1. The van der Waals surface area contributed by atoms with Crippen molar-refractivity contribution in [1.82, 2.24) is 0 Å². The molecule has 0 radical (unpaired) electrons. The van der Waals surface area contributed by atoms with Gasteiger partial charge in [-0.3, -0.25) is 4.79 Å². The van der Waals surface area contributed by atoms with E-state index >= 15 is 0 Å². The van der Waals surface area contributed by atoms with Crippen LogP contribution in [0.4, 0.5) is 0 Å². The summed E-state index contributed by atoms with van der Waals surface area (Å²) in [6, 6.07) is 13.4. The zero-order valence-corrected chi connectivity index (χ0v) is 18.4. The molecule has 0 aromatic heterocycles. The number of hydrogen-bond acceptors (Lipinski definition) is 4. The van der Waals surface area contributed by atoms with Crippen molar-refractivity contribution in [3.8, 4) is 5.75 Å². The largest absolute Gasteiger partial charge is 2.00 e. The Balaban J connectivity index is 0.00000338. The van der Waals surface area contributed by atoms with Crippen molar-refractivity contribution in [2.45, 2.75) is 39.4 Å². The van der Waals surface area contributed by atoms with Gasteiger partial charge in [0, 0.05) is 16.1 Å². The number of ketones is 1. The molecular formula is C20H21CaClO4+2. The molecule has 0 bridgehead atoms. The Bertz CT molecular complexity index is 752. The van der Waals surface area contributed by atoms with Crippen LogP contribution in [0.1, 0.15) is 43.6 Å². The molecule has 0 fully saturated rings. The molecule has 0 amide bonds. The molecule has 0 saturated heterocycles. The quantitative estimate of drug-likeness (QED) is 0.412. The maximum Gasteiger partial charge on any atom is 2.00 e. The molecule has 0 unspecified atom stereocenters. The second-order valence-electron chi connectivity index (χ2n) is 6.43. The van der Waals surface area contributed by atoms with E-state index in [2.05, 4.69) is 0 Å². The minimum Gasteiger partial charge on any atom is -0.476 e. The van der Waals surface area contributed by atoms with E-state index in [1.165, 1.54) is 0 Å². The third kappa shape index (κ3) is 6.27. The predicted molar refractivity (Wildman–Crippen MR) is 103 cm³/mol. The van der Waals surface area contributed by atoms with E-state index in [1.54, 1.807) is 76.2 Å². The monoisotopic (exact) mass is 400 g/mol. The summed E-state index contributed by atoms with van der Waals surface area (Å²) in [7, 11) is 0. The molecular weight excluding hydrogens is 380 g/mol. The van der Waals surface area contributed by atoms with Gasteiger partial charge in [0.15, 0.2) is 11.4 Å². The van der Waals surface area contributed by atoms with Gasteiger partial charge < -0.3 is 9.47 Å². The number of benzene rings is 2. The van der Waals surface area contributed by atoms with Gasteiger partial charge >= 0.3 is 43.7 Å². The number of rotatable bonds is 6. The van der Waals surface area contributed by atoms with E-state index in [-0.39, 0.29) is 49.6 Å². The fraction of sp³-hybridized carbons (Fsp3) is 0.300. The summed E-state index contributed by atoms with van der Waals surface area (Å²) in [6.07, 6.45) is -0.213. The minimum atomic E-state index is -1.12. The molecule has 0 spiro atoms. The molecule has 132 valence electrons. The molecule has 2 aromatic carbocycles. The summed E-state index contributed by atoms with van der Waals surface area (Å²) in [5.41, 5.74) is -0.0393. The van der Waals surface area contributed by atoms with Gasteiger partial charge in [0.2, 0.25) is 0 Å². The number of ether oxygens (including phenoxy) is 2. The summed E-state index contributed by atoms with van der Waals surface area (Å²) in [5, 5.41) is 0.579. The van der Waals surface area contributed by atoms with E-state index in [1.807, 2.05) is 0 Å². The molecule has 4 nitrogen and oxygen atoms in total. The maximum atomic E-state index is 12.4. The average Bonchev–Trinajstić information content (AvgIpc) is 2.54. The first-order valence-electron chi connectivity index (χ1n) is 7.99. The van der Waals surface area contributed by atoms with Crippen LogP contribution in [0.2, 0.25) is 5.02 Å². The first-order valence-corrected chi connectivity index (χ1v) is 8.37. The van der Waals surface area contributed by atoms with E-state index in [4.69, 9.17) is 21.1 Å². The summed E-state index contributed by atoms with van der Waals surface area (Å²) >= 11 is 5.84. The summed E-state index contributed by atoms with van der Waals surface area (Å²) < 4.78 is 10.9. The SMILES string of the molecule is CC(C)OC(=O)C(C)(C)Oc1ccc(C(=O)c2ccc(Cl)cc2)cc1.[Ca+2]. The van der Waals surface area contributed by atoms with Gasteiger partial charge in [-0.25, -0.2) is 4.79 Å². The van der Waals surface area contributed by atoms with Crippen LogP contribution in [0.15, 0.2) is 48.5 Å². The Labute approximate surface area is 188 Å². The van der Waals surface area contributed by atoms with Crippen molar-refractivity contribution < 1.29 is 19.1 Å². The number of carbonyl (C=O) groups is 2. The van der Waals surface area contributed by atoms with Crippen LogP contribution in [-0.2, 0) is 9.53 Å². The predicted octanol–water partition coefficient (Wildman–Crippen LogP) is 4.30. The second-order valence-corrected chi connectivity index (χ2v) is 6.86. The van der Waals surface area contributed by atoms with Crippen LogP contribution in [0.3, 0.4) is 0 Å². The first-order chi connectivity index (χ1) is 11.7. The van der Waals surface area contributed by atoms with Gasteiger partial charge in [0.1, 0.15) is 5.75 Å². The van der Waals surface area contributed by atoms with Gasteiger partial charge in [-0.1, -0.05) is 11.6 Å². The smallest absolute Gasteiger partial charge is 0.476 e. The van der Waals surface area contributed by atoms with Crippen LogP contribution in [0.25, 0.3) is 0 Å². The molecule has 26 heavy (non-hydrogen) atoms. The Morgan fingerprint density at radius 1 is 0.923 bits per heavy atom. The third-order valence-corrected chi connectivity index (χ3v) is 3.68. The van der Waals surface area contributed by atoms with Crippen LogP contribution >= 0.6 is 11.6 Å². The van der Waals surface area contributed by atoms with Gasteiger partial charge in [-0.05, 0) is 76.2 Å². The molecule has 0 aliphatic carbocycles. The Hall–Kier alpha value is -1.07. The van der Waals surface area contributed by atoms with Crippen LogP contribution in [-0.4, -0.2) is 61.2 Å². The molecule has 2 aromatic rings. The molecule has 6 heteroatoms. The van der Waals surface area contributed by atoms with Crippen molar-refractivity contribution in [2.24, 2.45) is 0 Å². The van der Waals surface area contributed by atoms with Crippen molar-refractivity contribution >= 4 is 61.1 Å². The van der Waals surface area contributed by atoms with E-state index in [9.17, 15) is 9.59 Å². The Morgan fingerprint density at radius 2 is 1.38 bits per heavy atom. The third-order valence-electron chi connectivity index (χ3n) is 3.43. The molecule has 0 aliphatic rings. The van der Waals surface area contributed by atoms with Crippen molar-refractivity contribution in [2.75, 3.05) is 0 Å². The van der Waals surface area contributed by atoms with Gasteiger partial charge in [-0.2, -0.15) is 0 Å². The Kier molecular flexibility index (Phi) is 8.61. The molecule has 0 heterocycles.